The van der Waals surface area contributed by atoms with Crippen LogP contribution in [0.15, 0.2) is 46.2 Å². The third kappa shape index (κ3) is 8.70. The molecule has 0 fully saturated rings. The molecule has 0 amide bonds. The van der Waals surface area contributed by atoms with Crippen molar-refractivity contribution in [2.75, 3.05) is 32.8 Å². The zero-order valence-electron chi connectivity index (χ0n) is 19.7. The highest BCUT2D eigenvalue weighted by Crippen LogP contribution is 2.33. The second kappa shape index (κ2) is 13.9. The Balaban J connectivity index is 2.15. The third-order valence-electron chi connectivity index (χ3n) is 4.47. The Kier molecular flexibility index (Phi) is 11.6. The molecule has 36 heavy (non-hydrogen) atoms. The van der Waals surface area contributed by atoms with E-state index >= 15 is 0 Å². The minimum atomic E-state index is -3.98. The van der Waals surface area contributed by atoms with Gasteiger partial charge in [0, 0.05) is 21.0 Å². The number of esters is 2. The summed E-state index contributed by atoms with van der Waals surface area (Å²) in [6.07, 6.45) is -1.35. The first-order valence-electron chi connectivity index (χ1n) is 10.5. The van der Waals surface area contributed by atoms with Crippen LogP contribution in [-0.4, -0.2) is 65.4 Å². The first-order valence-corrected chi connectivity index (χ1v) is 13.2. The number of rotatable bonds is 13. The molecule has 0 N–H and O–H groups in total. The molecule has 2 aromatic carbocycles. The lowest BCUT2D eigenvalue weighted by Gasteiger charge is -2.18. The highest BCUT2D eigenvalue weighted by atomic mass is 35.5. The Bertz CT molecular complexity index is 1170. The lowest BCUT2D eigenvalue weighted by Crippen LogP contribution is -2.28. The maximum absolute atomic E-state index is 13.1. The average Bonchev–Trinajstić information content (AvgIpc) is 2.80. The molecular weight excluding hydrogens is 559 g/mol. The fourth-order valence-electron chi connectivity index (χ4n) is 2.91. The van der Waals surface area contributed by atoms with E-state index < -0.39 is 34.0 Å². The predicted octanol–water partition coefficient (Wildman–Crippen LogP) is 4.33. The normalized spacial score (nSPS) is 12.9. The summed E-state index contributed by atoms with van der Waals surface area (Å²) in [6, 6.07) is 7.92. The van der Waals surface area contributed by atoms with Crippen molar-refractivity contribution in [2.45, 2.75) is 35.8 Å². The third-order valence-corrected chi connectivity index (χ3v) is 7.15. The van der Waals surface area contributed by atoms with Crippen LogP contribution in [0.5, 0.6) is 11.5 Å². The number of halogens is 3. The monoisotopic (exact) mass is 582 g/mol. The summed E-state index contributed by atoms with van der Waals surface area (Å²) < 4.78 is 52.4. The number of sulfone groups is 1. The summed E-state index contributed by atoms with van der Waals surface area (Å²) in [5, 5.41) is 0.0756. The van der Waals surface area contributed by atoms with Gasteiger partial charge in [-0.2, -0.15) is 0 Å². The van der Waals surface area contributed by atoms with Crippen molar-refractivity contribution in [2.24, 2.45) is 0 Å². The summed E-state index contributed by atoms with van der Waals surface area (Å²) in [5.74, 6) is -0.594. The predicted molar refractivity (Wildman–Crippen MR) is 133 cm³/mol. The number of alkyl halides is 1. The summed E-state index contributed by atoms with van der Waals surface area (Å²) in [5.41, 5.74) is 0. The van der Waals surface area contributed by atoms with Crippen molar-refractivity contribution in [1.82, 2.24) is 0 Å². The van der Waals surface area contributed by atoms with Gasteiger partial charge < -0.3 is 23.7 Å². The molecule has 0 unspecified atom stereocenters. The van der Waals surface area contributed by atoms with E-state index in [9.17, 15) is 18.0 Å². The van der Waals surface area contributed by atoms with Crippen LogP contribution in [-0.2, 0) is 33.6 Å². The Morgan fingerprint density at radius 3 is 1.64 bits per heavy atom. The molecular formula is C23H25Cl3O9S. The number of benzene rings is 2. The van der Waals surface area contributed by atoms with Gasteiger partial charge in [0.1, 0.15) is 30.8 Å². The number of hydrogen-bond donors (Lipinski definition) is 0. The fraction of sp³-hybridized carbons (Fsp3) is 0.391. The van der Waals surface area contributed by atoms with E-state index in [1.807, 2.05) is 0 Å². The van der Waals surface area contributed by atoms with Crippen LogP contribution in [0.2, 0.25) is 10.0 Å². The number of methoxy groups -OCH3 is 1. The van der Waals surface area contributed by atoms with Crippen LogP contribution in [0.1, 0.15) is 13.8 Å². The van der Waals surface area contributed by atoms with Gasteiger partial charge in [0.15, 0.2) is 6.10 Å². The molecule has 0 bridgehead atoms. The highest BCUT2D eigenvalue weighted by Gasteiger charge is 2.22. The molecule has 0 radical (unpaired) electrons. The minimum Gasteiger partial charge on any atom is -0.488 e. The molecule has 2 rings (SSSR count). The molecule has 9 nitrogen and oxygen atoms in total. The molecule has 0 aromatic heterocycles. The fourth-order valence-corrected chi connectivity index (χ4v) is 4.98. The number of ether oxygens (including phenoxy) is 5. The van der Waals surface area contributed by atoms with E-state index in [-0.39, 0.29) is 57.0 Å². The quantitative estimate of drug-likeness (QED) is 0.251. The lowest BCUT2D eigenvalue weighted by atomic mass is 10.3. The Morgan fingerprint density at radius 2 is 1.25 bits per heavy atom. The molecule has 13 heteroatoms. The van der Waals surface area contributed by atoms with Gasteiger partial charge in [-0.3, -0.25) is 9.59 Å². The van der Waals surface area contributed by atoms with Gasteiger partial charge >= 0.3 is 11.9 Å². The molecule has 0 aliphatic heterocycles. The molecule has 0 saturated carbocycles. The largest absolute Gasteiger partial charge is 0.488 e. The molecule has 0 aliphatic rings. The second-order valence-electron chi connectivity index (χ2n) is 7.38. The maximum Gasteiger partial charge on any atom is 0.303 e. The van der Waals surface area contributed by atoms with Crippen molar-refractivity contribution in [3.8, 4) is 11.5 Å². The van der Waals surface area contributed by atoms with E-state index in [1.165, 1.54) is 57.4 Å². The first-order chi connectivity index (χ1) is 17.0. The lowest BCUT2D eigenvalue weighted by molar-refractivity contribution is -0.150. The Morgan fingerprint density at radius 1 is 0.806 bits per heavy atom. The zero-order chi connectivity index (χ0) is 26.9. The zero-order valence-corrected chi connectivity index (χ0v) is 22.7. The SMILES string of the molecule is COC[C@@H](COc1ccc(S(=O)(=O)c2ccc(OC[C@H](CCl)OC(C)=O)c(Cl)c2)cc1Cl)OC(C)=O. The number of carbonyl (C=O) groups excluding carboxylic acids is 2. The van der Waals surface area contributed by atoms with Crippen molar-refractivity contribution < 1.29 is 41.7 Å². The Labute approximate surface area is 224 Å². The summed E-state index contributed by atoms with van der Waals surface area (Å²) >= 11 is 18.2. The van der Waals surface area contributed by atoms with E-state index in [0.29, 0.717) is 0 Å². The van der Waals surface area contributed by atoms with E-state index in [1.54, 1.807) is 0 Å². The van der Waals surface area contributed by atoms with Gasteiger partial charge in [-0.1, -0.05) is 23.2 Å². The smallest absolute Gasteiger partial charge is 0.303 e. The summed E-state index contributed by atoms with van der Waals surface area (Å²) in [4.78, 5) is 22.1. The average molecular weight is 584 g/mol. The van der Waals surface area contributed by atoms with Gasteiger partial charge in [-0.25, -0.2) is 8.42 Å². The van der Waals surface area contributed by atoms with E-state index in [0.717, 1.165) is 0 Å². The molecule has 0 spiro atoms. The molecule has 0 saturated heterocycles. The first kappa shape index (κ1) is 30.0. The van der Waals surface area contributed by atoms with Crippen LogP contribution in [0.4, 0.5) is 0 Å². The molecule has 0 aliphatic carbocycles. The summed E-state index contributed by atoms with van der Waals surface area (Å²) in [7, 11) is -2.53. The van der Waals surface area contributed by atoms with Crippen LogP contribution < -0.4 is 9.47 Å². The molecule has 198 valence electrons. The van der Waals surface area contributed by atoms with Crippen LogP contribution in [0.3, 0.4) is 0 Å². The maximum atomic E-state index is 13.1. The van der Waals surface area contributed by atoms with Gasteiger partial charge in [-0.05, 0) is 36.4 Å². The van der Waals surface area contributed by atoms with Crippen molar-refractivity contribution in [3.05, 3.63) is 46.4 Å². The van der Waals surface area contributed by atoms with E-state index in [4.69, 9.17) is 58.5 Å². The summed E-state index contributed by atoms with van der Waals surface area (Å²) in [6.45, 7) is 2.52. The van der Waals surface area contributed by atoms with Crippen LogP contribution >= 0.6 is 34.8 Å². The van der Waals surface area contributed by atoms with Gasteiger partial charge in [0.05, 0.1) is 32.3 Å². The van der Waals surface area contributed by atoms with Crippen molar-refractivity contribution in [3.63, 3.8) is 0 Å². The minimum absolute atomic E-state index is 0.0148. The standard InChI is InChI=1S/C23H25Cl3O9S/c1-14(27)34-16(10-24)12-32-22-6-4-18(8-20(22)25)36(29,30)19-5-7-23(21(26)9-19)33-13-17(11-31-3)35-15(2)28/h4-9,16-17H,10-13H2,1-3H3/t16-,17-/m0/s1. The van der Waals surface area contributed by atoms with Crippen LogP contribution in [0.25, 0.3) is 0 Å². The molecule has 2 atom stereocenters. The Hall–Kier alpha value is -2.24. The van der Waals surface area contributed by atoms with Crippen molar-refractivity contribution >= 4 is 56.6 Å². The second-order valence-corrected chi connectivity index (χ2v) is 10.5. The topological polar surface area (TPSA) is 114 Å². The molecule has 0 heterocycles. The number of carbonyl (C=O) groups is 2. The van der Waals surface area contributed by atoms with Gasteiger partial charge in [-0.15, -0.1) is 11.6 Å². The van der Waals surface area contributed by atoms with Gasteiger partial charge in [0.25, 0.3) is 0 Å². The highest BCUT2D eigenvalue weighted by molar-refractivity contribution is 7.91. The van der Waals surface area contributed by atoms with Crippen LogP contribution in [0, 0.1) is 0 Å². The van der Waals surface area contributed by atoms with E-state index in [2.05, 4.69) is 0 Å². The van der Waals surface area contributed by atoms with Crippen molar-refractivity contribution in [1.29, 1.82) is 0 Å². The van der Waals surface area contributed by atoms with Gasteiger partial charge in [0.2, 0.25) is 9.84 Å². The number of hydrogen-bond acceptors (Lipinski definition) is 9. The molecule has 2 aromatic rings.